The fourth-order valence-corrected chi connectivity index (χ4v) is 0.732. The van der Waals surface area contributed by atoms with Crippen molar-refractivity contribution in [2.24, 2.45) is 11.8 Å². The molecule has 0 aromatic carbocycles. The van der Waals surface area contributed by atoms with Crippen molar-refractivity contribution in [1.82, 2.24) is 0 Å². The van der Waals surface area contributed by atoms with E-state index in [1.54, 1.807) is 0 Å². The van der Waals surface area contributed by atoms with Gasteiger partial charge in [0.25, 0.3) is 0 Å². The van der Waals surface area contributed by atoms with Gasteiger partial charge in [-0.1, -0.05) is 13.8 Å². The third kappa shape index (κ3) is 5.21. The Morgan fingerprint density at radius 3 is 1.50 bits per heavy atom. The Labute approximate surface area is 82.8 Å². The van der Waals surface area contributed by atoms with Gasteiger partial charge in [-0.25, -0.2) is 0 Å². The first-order valence-corrected chi connectivity index (χ1v) is 3.40. The van der Waals surface area contributed by atoms with Crippen molar-refractivity contribution in [1.29, 1.82) is 0 Å². The molecule has 2 N–H and O–H groups in total. The van der Waals surface area contributed by atoms with Crippen LogP contribution in [0.1, 0.15) is 20.3 Å². The van der Waals surface area contributed by atoms with Crippen LogP contribution in [0.4, 0.5) is 0 Å². The molecule has 0 amide bonds. The van der Waals surface area contributed by atoms with Crippen molar-refractivity contribution >= 4 is 11.9 Å². The van der Waals surface area contributed by atoms with Crippen molar-refractivity contribution in [3.63, 3.8) is 0 Å². The summed E-state index contributed by atoms with van der Waals surface area (Å²) in [6.07, 6.45) is 0.185. The summed E-state index contributed by atoms with van der Waals surface area (Å²) >= 11 is 0. The van der Waals surface area contributed by atoms with Crippen LogP contribution in [0.5, 0.6) is 0 Å². The van der Waals surface area contributed by atoms with Crippen LogP contribution in [0.15, 0.2) is 0 Å². The number of aliphatic carboxylic acids is 2. The summed E-state index contributed by atoms with van der Waals surface area (Å²) in [5, 5.41) is 16.8. The van der Waals surface area contributed by atoms with E-state index < -0.39 is 23.8 Å². The number of carbonyl (C=O) groups is 2. The molecule has 1 radical (unpaired) electrons. The zero-order valence-electron chi connectivity index (χ0n) is 7.02. The smallest absolute Gasteiger partial charge is 0.306 e. The Morgan fingerprint density at radius 1 is 1.08 bits per heavy atom. The minimum atomic E-state index is -0.946. The van der Waals surface area contributed by atoms with Gasteiger partial charge in [-0.2, -0.15) is 0 Å². The van der Waals surface area contributed by atoms with Crippen LogP contribution in [0.3, 0.4) is 0 Å². The molecule has 5 heteroatoms. The third-order valence-electron chi connectivity index (χ3n) is 1.55. The summed E-state index contributed by atoms with van der Waals surface area (Å²) in [7, 11) is 0. The van der Waals surface area contributed by atoms with Crippen LogP contribution in [0.2, 0.25) is 0 Å². The predicted octanol–water partition coefficient (Wildman–Crippen LogP) is 0.815. The molecular formula is C7H12O4V. The molecular weight excluding hydrogens is 199 g/mol. The molecule has 0 rings (SSSR count). The Hall–Kier alpha value is -0.476. The van der Waals surface area contributed by atoms with Gasteiger partial charge in [0.15, 0.2) is 0 Å². The largest absolute Gasteiger partial charge is 0.481 e. The average Bonchev–Trinajstić information content (AvgIpc) is 1.87. The fourth-order valence-electron chi connectivity index (χ4n) is 0.732. The Balaban J connectivity index is 0. The van der Waals surface area contributed by atoms with E-state index in [4.69, 9.17) is 10.2 Å². The molecule has 0 aromatic heterocycles. The molecule has 12 heavy (non-hydrogen) atoms. The zero-order chi connectivity index (χ0) is 9.02. The maximum atomic E-state index is 10.3. The monoisotopic (exact) mass is 211 g/mol. The van der Waals surface area contributed by atoms with E-state index in [2.05, 4.69) is 0 Å². The molecule has 0 aromatic rings. The van der Waals surface area contributed by atoms with Crippen molar-refractivity contribution in [3.8, 4) is 0 Å². The second-order valence-corrected chi connectivity index (χ2v) is 2.71. The van der Waals surface area contributed by atoms with Gasteiger partial charge in [0.2, 0.25) is 0 Å². The number of hydrogen-bond donors (Lipinski definition) is 2. The zero-order valence-corrected chi connectivity index (χ0v) is 8.42. The first-order valence-electron chi connectivity index (χ1n) is 3.40. The van der Waals surface area contributed by atoms with Crippen LogP contribution < -0.4 is 0 Å². The second kappa shape index (κ2) is 6.09. The van der Waals surface area contributed by atoms with Crippen molar-refractivity contribution in [2.75, 3.05) is 0 Å². The van der Waals surface area contributed by atoms with Crippen LogP contribution in [0.25, 0.3) is 0 Å². The normalized spacial score (nSPS) is 14.2. The summed E-state index contributed by atoms with van der Waals surface area (Å²) in [6.45, 7) is 3.00. The van der Waals surface area contributed by atoms with Crippen LogP contribution in [0, 0.1) is 11.8 Å². The molecule has 0 spiro atoms. The number of rotatable bonds is 4. The van der Waals surface area contributed by atoms with E-state index in [9.17, 15) is 9.59 Å². The van der Waals surface area contributed by atoms with E-state index >= 15 is 0 Å². The molecule has 0 aliphatic carbocycles. The maximum Gasteiger partial charge on any atom is 0.306 e. The average molecular weight is 211 g/mol. The van der Waals surface area contributed by atoms with E-state index in [0.29, 0.717) is 0 Å². The van der Waals surface area contributed by atoms with Gasteiger partial charge >= 0.3 is 11.9 Å². The summed E-state index contributed by atoms with van der Waals surface area (Å²) < 4.78 is 0. The van der Waals surface area contributed by atoms with Crippen LogP contribution in [-0.2, 0) is 28.1 Å². The van der Waals surface area contributed by atoms with Crippen molar-refractivity contribution < 1.29 is 38.4 Å². The second-order valence-electron chi connectivity index (χ2n) is 2.71. The number of hydrogen-bond acceptors (Lipinski definition) is 2. The Morgan fingerprint density at radius 2 is 1.33 bits per heavy atom. The molecule has 4 nitrogen and oxygen atoms in total. The van der Waals surface area contributed by atoms with Gasteiger partial charge in [-0.05, 0) is 6.42 Å². The maximum absolute atomic E-state index is 10.3. The SMILES string of the molecule is CC(CC(C)C(=O)O)C(=O)O.[V]. The van der Waals surface area contributed by atoms with E-state index in [1.807, 2.05) is 0 Å². The Kier molecular flexibility index (Phi) is 7.14. The van der Waals surface area contributed by atoms with Gasteiger partial charge in [0.05, 0.1) is 11.8 Å². The molecule has 0 bridgehead atoms. The van der Waals surface area contributed by atoms with E-state index in [-0.39, 0.29) is 25.0 Å². The molecule has 0 saturated heterocycles. The standard InChI is InChI=1S/C7H12O4.V/c1-4(6(8)9)3-5(2)7(10)11;/h4-5H,3H2,1-2H3,(H,8,9)(H,10,11);. The molecule has 0 fully saturated rings. The van der Waals surface area contributed by atoms with Gasteiger partial charge in [0, 0.05) is 18.6 Å². The molecule has 0 heterocycles. The topological polar surface area (TPSA) is 74.6 Å². The van der Waals surface area contributed by atoms with Gasteiger partial charge < -0.3 is 10.2 Å². The third-order valence-corrected chi connectivity index (χ3v) is 1.55. The number of carboxylic acid groups (broad SMARTS) is 2. The molecule has 0 aliphatic rings. The van der Waals surface area contributed by atoms with Crippen LogP contribution in [-0.4, -0.2) is 22.2 Å². The van der Waals surface area contributed by atoms with Crippen molar-refractivity contribution in [2.45, 2.75) is 20.3 Å². The van der Waals surface area contributed by atoms with E-state index in [1.165, 1.54) is 13.8 Å². The quantitative estimate of drug-likeness (QED) is 0.721. The minimum Gasteiger partial charge on any atom is -0.481 e. The summed E-state index contributed by atoms with van der Waals surface area (Å²) in [5.74, 6) is -3.06. The van der Waals surface area contributed by atoms with Crippen LogP contribution >= 0.6 is 0 Å². The summed E-state index contributed by atoms with van der Waals surface area (Å²) in [4.78, 5) is 20.5. The Bertz CT molecular complexity index is 151. The first kappa shape index (κ1) is 14.1. The fraction of sp³-hybridized carbons (Fsp3) is 0.714. The molecule has 2 atom stereocenters. The molecule has 0 saturated carbocycles. The summed E-state index contributed by atoms with van der Waals surface area (Å²) in [6, 6.07) is 0. The predicted molar refractivity (Wildman–Crippen MR) is 38.2 cm³/mol. The molecule has 69 valence electrons. The van der Waals surface area contributed by atoms with Gasteiger partial charge in [-0.3, -0.25) is 9.59 Å². The van der Waals surface area contributed by atoms with Gasteiger partial charge in [-0.15, -0.1) is 0 Å². The summed E-state index contributed by atoms with van der Waals surface area (Å²) in [5.41, 5.74) is 0. The number of carboxylic acids is 2. The van der Waals surface area contributed by atoms with E-state index in [0.717, 1.165) is 0 Å². The minimum absolute atomic E-state index is 0. The molecule has 0 aliphatic heterocycles. The van der Waals surface area contributed by atoms with Crippen molar-refractivity contribution in [3.05, 3.63) is 0 Å². The molecule has 2 unspecified atom stereocenters. The van der Waals surface area contributed by atoms with Gasteiger partial charge in [0.1, 0.15) is 0 Å². The first-order chi connectivity index (χ1) is 4.95.